The number of rotatable bonds is 3. The van der Waals surface area contributed by atoms with Crippen LogP contribution in [0.25, 0.3) is 0 Å². The smallest absolute Gasteiger partial charge is 0.251 e. The van der Waals surface area contributed by atoms with Gasteiger partial charge in [-0.3, -0.25) is 4.79 Å². The molecule has 1 amide bonds. The van der Waals surface area contributed by atoms with Crippen molar-refractivity contribution in [1.82, 2.24) is 5.32 Å². The summed E-state index contributed by atoms with van der Waals surface area (Å²) in [6, 6.07) is 8.69. The van der Waals surface area contributed by atoms with Crippen molar-refractivity contribution in [2.45, 2.75) is 27.7 Å². The Labute approximate surface area is 109 Å². The van der Waals surface area contributed by atoms with Crippen molar-refractivity contribution in [3.8, 4) is 6.07 Å². The fraction of sp³-hybridized carbons (Fsp3) is 0.467. The minimum absolute atomic E-state index is 0.0874. The molecule has 0 bridgehead atoms. The first-order valence-corrected chi connectivity index (χ1v) is 6.13. The number of nitrogens with one attached hydrogen (secondary N) is 1. The summed E-state index contributed by atoms with van der Waals surface area (Å²) in [6.45, 7) is 9.25. The highest BCUT2D eigenvalue weighted by Crippen LogP contribution is 2.24. The second-order valence-electron chi connectivity index (χ2n) is 5.67. The highest BCUT2D eigenvalue weighted by Gasteiger charge is 2.20. The second-order valence-corrected chi connectivity index (χ2v) is 5.67. The Morgan fingerprint density at radius 2 is 1.89 bits per heavy atom. The van der Waals surface area contributed by atoms with Crippen LogP contribution in [0.2, 0.25) is 0 Å². The first-order chi connectivity index (χ1) is 8.34. The van der Waals surface area contributed by atoms with Gasteiger partial charge in [0.25, 0.3) is 5.91 Å². The van der Waals surface area contributed by atoms with E-state index in [1.807, 2.05) is 6.07 Å². The van der Waals surface area contributed by atoms with Crippen LogP contribution < -0.4 is 5.32 Å². The summed E-state index contributed by atoms with van der Waals surface area (Å²) in [6.07, 6.45) is 0. The maximum absolute atomic E-state index is 11.9. The molecule has 1 aromatic carbocycles. The van der Waals surface area contributed by atoms with Gasteiger partial charge in [-0.15, -0.1) is 0 Å². The first kappa shape index (κ1) is 14.2. The van der Waals surface area contributed by atoms with Crippen LogP contribution in [0.4, 0.5) is 0 Å². The minimum Gasteiger partial charge on any atom is -0.352 e. The van der Waals surface area contributed by atoms with Crippen LogP contribution in [-0.2, 0) is 0 Å². The predicted octanol–water partition coefficient (Wildman–Crippen LogP) is 2.97. The van der Waals surface area contributed by atoms with Crippen molar-refractivity contribution in [1.29, 1.82) is 5.26 Å². The average Bonchev–Trinajstić information content (AvgIpc) is 2.34. The highest BCUT2D eigenvalue weighted by molar-refractivity contribution is 5.94. The molecule has 0 saturated carbocycles. The van der Waals surface area contributed by atoms with Crippen LogP contribution in [0, 0.1) is 22.7 Å². The number of hydrogen-bond acceptors (Lipinski definition) is 2. The molecule has 0 radical (unpaired) electrons. The molecule has 0 aromatic heterocycles. The quantitative estimate of drug-likeness (QED) is 0.888. The molecule has 0 aliphatic carbocycles. The lowest BCUT2D eigenvalue weighted by Gasteiger charge is -2.27. The molecule has 1 atom stereocenters. The summed E-state index contributed by atoms with van der Waals surface area (Å²) in [7, 11) is 0. The Bertz CT molecular complexity index is 449. The molecule has 1 aromatic rings. The van der Waals surface area contributed by atoms with Crippen molar-refractivity contribution in [3.05, 3.63) is 35.4 Å². The fourth-order valence-electron chi connectivity index (χ4n) is 1.35. The van der Waals surface area contributed by atoms with E-state index < -0.39 is 0 Å². The van der Waals surface area contributed by atoms with Crippen molar-refractivity contribution < 1.29 is 4.79 Å². The standard InChI is InChI=1S/C15H20N2O/c1-11(15(2,3)4)10-17-14(18)13-7-5-12(9-16)6-8-13/h5-8,11H,10H2,1-4H3,(H,17,18). The van der Waals surface area contributed by atoms with Gasteiger partial charge >= 0.3 is 0 Å². The van der Waals surface area contributed by atoms with Gasteiger partial charge in [0.1, 0.15) is 0 Å². The third-order valence-electron chi connectivity index (χ3n) is 3.32. The highest BCUT2D eigenvalue weighted by atomic mass is 16.1. The maximum atomic E-state index is 11.9. The van der Waals surface area contributed by atoms with E-state index in [0.717, 1.165) is 0 Å². The van der Waals surface area contributed by atoms with E-state index in [4.69, 9.17) is 5.26 Å². The molecule has 0 fully saturated rings. The molecule has 0 saturated heterocycles. The van der Waals surface area contributed by atoms with E-state index in [2.05, 4.69) is 33.0 Å². The van der Waals surface area contributed by atoms with Crippen molar-refractivity contribution in [3.63, 3.8) is 0 Å². The van der Waals surface area contributed by atoms with Crippen LogP contribution in [-0.4, -0.2) is 12.5 Å². The van der Waals surface area contributed by atoms with E-state index >= 15 is 0 Å². The molecule has 3 nitrogen and oxygen atoms in total. The molecule has 1 unspecified atom stereocenters. The Hall–Kier alpha value is -1.82. The van der Waals surface area contributed by atoms with Crippen LogP contribution in [0.3, 0.4) is 0 Å². The molecule has 1 N–H and O–H groups in total. The normalized spacial score (nSPS) is 12.6. The van der Waals surface area contributed by atoms with Crippen LogP contribution in [0.15, 0.2) is 24.3 Å². The second kappa shape index (κ2) is 5.68. The van der Waals surface area contributed by atoms with Gasteiger partial charge in [-0.1, -0.05) is 27.7 Å². The third kappa shape index (κ3) is 3.89. The number of nitriles is 1. The molecular weight excluding hydrogens is 224 g/mol. The third-order valence-corrected chi connectivity index (χ3v) is 3.32. The number of nitrogens with zero attached hydrogens (tertiary/aromatic N) is 1. The monoisotopic (exact) mass is 244 g/mol. The molecule has 96 valence electrons. The lowest BCUT2D eigenvalue weighted by molar-refractivity contribution is 0.0937. The zero-order valence-corrected chi connectivity index (χ0v) is 11.4. The van der Waals surface area contributed by atoms with E-state index in [1.54, 1.807) is 24.3 Å². The molecule has 0 aliphatic rings. The topological polar surface area (TPSA) is 52.9 Å². The van der Waals surface area contributed by atoms with Gasteiger partial charge in [0.05, 0.1) is 11.6 Å². The van der Waals surface area contributed by atoms with E-state index in [9.17, 15) is 4.79 Å². The van der Waals surface area contributed by atoms with Gasteiger partial charge < -0.3 is 5.32 Å². The average molecular weight is 244 g/mol. The Kier molecular flexibility index (Phi) is 4.49. The molecule has 3 heteroatoms. The molecular formula is C15H20N2O. The Balaban J connectivity index is 2.58. The summed E-state index contributed by atoms with van der Waals surface area (Å²) in [4.78, 5) is 11.9. The molecule has 1 rings (SSSR count). The summed E-state index contributed by atoms with van der Waals surface area (Å²) in [5.74, 6) is 0.315. The van der Waals surface area contributed by atoms with Crippen molar-refractivity contribution >= 4 is 5.91 Å². The number of benzene rings is 1. The zero-order chi connectivity index (χ0) is 13.8. The van der Waals surface area contributed by atoms with Gasteiger partial charge in [0.2, 0.25) is 0 Å². The summed E-state index contributed by atoms with van der Waals surface area (Å²) in [5, 5.41) is 11.6. The number of carbonyl (C=O) groups excluding carboxylic acids is 1. The fourth-order valence-corrected chi connectivity index (χ4v) is 1.35. The first-order valence-electron chi connectivity index (χ1n) is 6.13. The van der Waals surface area contributed by atoms with Gasteiger partial charge in [-0.25, -0.2) is 0 Å². The summed E-state index contributed by atoms with van der Waals surface area (Å²) in [5.41, 5.74) is 1.34. The van der Waals surface area contributed by atoms with Gasteiger partial charge in [-0.05, 0) is 35.6 Å². The number of hydrogen-bond donors (Lipinski definition) is 1. The molecule has 0 aliphatic heterocycles. The maximum Gasteiger partial charge on any atom is 0.251 e. The Morgan fingerprint density at radius 3 is 2.33 bits per heavy atom. The summed E-state index contributed by atoms with van der Waals surface area (Å²) >= 11 is 0. The lowest BCUT2D eigenvalue weighted by Crippen LogP contribution is -2.33. The van der Waals surface area contributed by atoms with E-state index in [0.29, 0.717) is 23.6 Å². The lowest BCUT2D eigenvalue weighted by atomic mass is 9.82. The minimum atomic E-state index is -0.0874. The molecule has 18 heavy (non-hydrogen) atoms. The predicted molar refractivity (Wildman–Crippen MR) is 72.1 cm³/mol. The molecule has 0 spiro atoms. The molecule has 0 heterocycles. The van der Waals surface area contributed by atoms with Crippen molar-refractivity contribution in [2.75, 3.05) is 6.54 Å². The van der Waals surface area contributed by atoms with E-state index in [-0.39, 0.29) is 11.3 Å². The summed E-state index contributed by atoms with van der Waals surface area (Å²) < 4.78 is 0. The van der Waals surface area contributed by atoms with E-state index in [1.165, 1.54) is 0 Å². The van der Waals surface area contributed by atoms with Crippen LogP contribution in [0.1, 0.15) is 43.6 Å². The van der Waals surface area contributed by atoms with Gasteiger partial charge in [0, 0.05) is 12.1 Å². The van der Waals surface area contributed by atoms with Gasteiger partial charge in [0.15, 0.2) is 0 Å². The number of amides is 1. The van der Waals surface area contributed by atoms with Gasteiger partial charge in [-0.2, -0.15) is 5.26 Å². The van der Waals surface area contributed by atoms with Crippen LogP contribution in [0.5, 0.6) is 0 Å². The largest absolute Gasteiger partial charge is 0.352 e. The zero-order valence-electron chi connectivity index (χ0n) is 11.4. The SMILES string of the molecule is CC(CNC(=O)c1ccc(C#N)cc1)C(C)(C)C. The van der Waals surface area contributed by atoms with Crippen molar-refractivity contribution in [2.24, 2.45) is 11.3 Å². The number of carbonyl (C=O) groups is 1. The van der Waals surface area contributed by atoms with Crippen LogP contribution >= 0.6 is 0 Å². The Morgan fingerprint density at radius 1 is 1.33 bits per heavy atom.